The van der Waals surface area contributed by atoms with E-state index in [1.54, 1.807) is 35.7 Å². The number of aromatic nitrogens is 1. The molecule has 104 valence electrons. The molecule has 0 unspecified atom stereocenters. The molecule has 1 aliphatic rings. The first-order valence-electron chi connectivity index (χ1n) is 5.78. The SMILES string of the molecule is Cn1cc(Cl)cc1C(=O)N1CC(C)(OCC(=O)O)C1. The lowest BCUT2D eigenvalue weighted by Gasteiger charge is -2.47. The number of hydrogen-bond acceptors (Lipinski definition) is 3. The van der Waals surface area contributed by atoms with Crippen LogP contribution >= 0.6 is 11.6 Å². The first-order chi connectivity index (χ1) is 8.81. The molecule has 1 amide bonds. The van der Waals surface area contributed by atoms with Crippen molar-refractivity contribution in [3.8, 4) is 0 Å². The third-order valence-electron chi connectivity index (χ3n) is 3.07. The lowest BCUT2D eigenvalue weighted by Crippen LogP contribution is -2.63. The summed E-state index contributed by atoms with van der Waals surface area (Å²) in [4.78, 5) is 24.2. The van der Waals surface area contributed by atoms with Gasteiger partial charge < -0.3 is 19.3 Å². The van der Waals surface area contributed by atoms with Crippen LogP contribution in [0, 0.1) is 0 Å². The van der Waals surface area contributed by atoms with Crippen LogP contribution < -0.4 is 0 Å². The van der Waals surface area contributed by atoms with Crippen LogP contribution in [0.15, 0.2) is 12.3 Å². The number of aliphatic carboxylic acids is 1. The monoisotopic (exact) mass is 286 g/mol. The highest BCUT2D eigenvalue weighted by Gasteiger charge is 2.43. The summed E-state index contributed by atoms with van der Waals surface area (Å²) in [5, 5.41) is 9.08. The van der Waals surface area contributed by atoms with E-state index in [9.17, 15) is 9.59 Å². The molecule has 1 aromatic heterocycles. The summed E-state index contributed by atoms with van der Waals surface area (Å²) in [7, 11) is 1.75. The maximum absolute atomic E-state index is 12.2. The van der Waals surface area contributed by atoms with Crippen LogP contribution in [0.25, 0.3) is 0 Å². The van der Waals surface area contributed by atoms with Crippen LogP contribution in [0.4, 0.5) is 0 Å². The van der Waals surface area contributed by atoms with Gasteiger partial charge in [0.1, 0.15) is 17.9 Å². The van der Waals surface area contributed by atoms with Gasteiger partial charge in [-0.1, -0.05) is 11.6 Å². The number of ether oxygens (including phenoxy) is 1. The van der Waals surface area contributed by atoms with E-state index < -0.39 is 11.6 Å². The van der Waals surface area contributed by atoms with Gasteiger partial charge in [0, 0.05) is 13.2 Å². The van der Waals surface area contributed by atoms with E-state index in [2.05, 4.69) is 0 Å². The Morgan fingerprint density at radius 1 is 1.53 bits per heavy atom. The minimum Gasteiger partial charge on any atom is -0.480 e. The molecular formula is C12H15ClN2O4. The van der Waals surface area contributed by atoms with E-state index in [4.69, 9.17) is 21.4 Å². The molecule has 0 aromatic carbocycles. The summed E-state index contributed by atoms with van der Waals surface area (Å²) in [5.41, 5.74) is -0.0755. The van der Waals surface area contributed by atoms with Crippen molar-refractivity contribution in [1.29, 1.82) is 0 Å². The van der Waals surface area contributed by atoms with E-state index in [-0.39, 0.29) is 12.5 Å². The number of likely N-dealkylation sites (tertiary alicyclic amines) is 1. The fourth-order valence-electron chi connectivity index (χ4n) is 2.13. The number of carboxylic acid groups (broad SMARTS) is 1. The highest BCUT2D eigenvalue weighted by Crippen LogP contribution is 2.27. The molecule has 1 N–H and O–H groups in total. The molecule has 0 spiro atoms. The second-order valence-corrected chi connectivity index (χ2v) is 5.38. The number of hydrogen-bond donors (Lipinski definition) is 1. The van der Waals surface area contributed by atoms with Crippen molar-refractivity contribution in [3.05, 3.63) is 23.0 Å². The van der Waals surface area contributed by atoms with Crippen LogP contribution in [-0.2, 0) is 16.6 Å². The zero-order chi connectivity index (χ0) is 14.2. The van der Waals surface area contributed by atoms with Crippen LogP contribution in [0.1, 0.15) is 17.4 Å². The van der Waals surface area contributed by atoms with Gasteiger partial charge in [-0.2, -0.15) is 0 Å². The summed E-state index contributed by atoms with van der Waals surface area (Å²) < 4.78 is 6.92. The second kappa shape index (κ2) is 4.86. The van der Waals surface area contributed by atoms with Gasteiger partial charge >= 0.3 is 5.97 Å². The number of rotatable bonds is 4. The number of amides is 1. The van der Waals surface area contributed by atoms with Gasteiger partial charge in [0.15, 0.2) is 0 Å². The summed E-state index contributed by atoms with van der Waals surface area (Å²) in [6.45, 7) is 2.19. The Morgan fingerprint density at radius 3 is 2.63 bits per heavy atom. The lowest BCUT2D eigenvalue weighted by molar-refractivity contribution is -0.160. The second-order valence-electron chi connectivity index (χ2n) is 4.95. The van der Waals surface area contributed by atoms with Gasteiger partial charge in [0.05, 0.1) is 18.1 Å². The Hall–Kier alpha value is -1.53. The van der Waals surface area contributed by atoms with Gasteiger partial charge in [0.25, 0.3) is 5.91 Å². The Labute approximate surface area is 115 Å². The van der Waals surface area contributed by atoms with Crippen LogP contribution in [0.3, 0.4) is 0 Å². The van der Waals surface area contributed by atoms with Crippen LogP contribution in [-0.4, -0.2) is 51.7 Å². The smallest absolute Gasteiger partial charge is 0.329 e. The maximum atomic E-state index is 12.2. The first kappa shape index (κ1) is 13.9. The molecule has 1 aromatic rings. The summed E-state index contributed by atoms with van der Waals surface area (Å²) in [5.74, 6) is -1.15. The van der Waals surface area contributed by atoms with Gasteiger partial charge in [-0.25, -0.2) is 4.79 Å². The topological polar surface area (TPSA) is 71.8 Å². The number of halogens is 1. The highest BCUT2D eigenvalue weighted by molar-refractivity contribution is 6.31. The summed E-state index contributed by atoms with van der Waals surface area (Å²) >= 11 is 5.83. The molecule has 0 saturated carbocycles. The molecular weight excluding hydrogens is 272 g/mol. The van der Waals surface area contributed by atoms with Crippen molar-refractivity contribution in [2.24, 2.45) is 7.05 Å². The fourth-order valence-corrected chi connectivity index (χ4v) is 2.38. The fraction of sp³-hybridized carbons (Fsp3) is 0.500. The molecule has 2 heterocycles. The van der Waals surface area contributed by atoms with Crippen molar-refractivity contribution in [2.45, 2.75) is 12.5 Å². The molecule has 19 heavy (non-hydrogen) atoms. The standard InChI is InChI=1S/C12H15ClN2O4/c1-12(19-5-10(16)17)6-15(7-12)11(18)9-3-8(13)4-14(9)2/h3-4H,5-7H2,1-2H3,(H,16,17). The zero-order valence-electron chi connectivity index (χ0n) is 10.7. The minimum atomic E-state index is -1.01. The molecule has 6 nitrogen and oxygen atoms in total. The van der Waals surface area contributed by atoms with Gasteiger partial charge in [-0.15, -0.1) is 0 Å². The molecule has 0 aliphatic carbocycles. The number of aryl methyl sites for hydroxylation is 1. The van der Waals surface area contributed by atoms with Crippen molar-refractivity contribution >= 4 is 23.5 Å². The molecule has 2 rings (SSSR count). The molecule has 0 radical (unpaired) electrons. The van der Waals surface area contributed by atoms with Crippen molar-refractivity contribution < 1.29 is 19.4 Å². The van der Waals surface area contributed by atoms with E-state index >= 15 is 0 Å². The van der Waals surface area contributed by atoms with Crippen LogP contribution in [0.5, 0.6) is 0 Å². The van der Waals surface area contributed by atoms with E-state index in [1.165, 1.54) is 0 Å². The zero-order valence-corrected chi connectivity index (χ0v) is 11.5. The Morgan fingerprint density at radius 2 is 2.16 bits per heavy atom. The summed E-state index contributed by atoms with van der Waals surface area (Å²) in [6, 6.07) is 1.61. The van der Waals surface area contributed by atoms with Crippen molar-refractivity contribution in [2.75, 3.05) is 19.7 Å². The van der Waals surface area contributed by atoms with E-state index in [1.807, 2.05) is 0 Å². The Bertz CT molecular complexity index is 520. The minimum absolute atomic E-state index is 0.134. The lowest BCUT2D eigenvalue weighted by atomic mass is 9.96. The van der Waals surface area contributed by atoms with Gasteiger partial charge in [-0.3, -0.25) is 4.79 Å². The number of carbonyl (C=O) groups excluding carboxylic acids is 1. The first-order valence-corrected chi connectivity index (χ1v) is 6.15. The van der Waals surface area contributed by atoms with Crippen molar-refractivity contribution in [3.63, 3.8) is 0 Å². The maximum Gasteiger partial charge on any atom is 0.329 e. The third kappa shape index (κ3) is 2.90. The normalized spacial score (nSPS) is 17.1. The van der Waals surface area contributed by atoms with Gasteiger partial charge in [0.2, 0.25) is 0 Å². The average molecular weight is 287 g/mol. The van der Waals surface area contributed by atoms with Crippen molar-refractivity contribution in [1.82, 2.24) is 9.47 Å². The highest BCUT2D eigenvalue weighted by atomic mass is 35.5. The van der Waals surface area contributed by atoms with E-state index in [0.717, 1.165) is 0 Å². The molecule has 0 bridgehead atoms. The Balaban J connectivity index is 1.95. The largest absolute Gasteiger partial charge is 0.480 e. The third-order valence-corrected chi connectivity index (χ3v) is 3.28. The predicted molar refractivity (Wildman–Crippen MR) is 68.3 cm³/mol. The Kier molecular flexibility index (Phi) is 3.56. The molecule has 7 heteroatoms. The number of carbonyl (C=O) groups is 2. The van der Waals surface area contributed by atoms with E-state index in [0.29, 0.717) is 23.8 Å². The number of carboxylic acids is 1. The summed E-state index contributed by atoms with van der Waals surface area (Å²) in [6.07, 6.45) is 1.66. The number of nitrogens with zero attached hydrogens (tertiary/aromatic N) is 2. The molecule has 1 fully saturated rings. The van der Waals surface area contributed by atoms with Gasteiger partial charge in [-0.05, 0) is 13.0 Å². The predicted octanol–water partition coefficient (Wildman–Crippen LogP) is 0.994. The van der Waals surface area contributed by atoms with Crippen LogP contribution in [0.2, 0.25) is 5.02 Å². The molecule has 1 aliphatic heterocycles. The molecule has 0 atom stereocenters. The quantitative estimate of drug-likeness (QED) is 0.896. The molecule has 1 saturated heterocycles. The average Bonchev–Trinajstić information content (AvgIpc) is 2.61.